The van der Waals surface area contributed by atoms with Crippen molar-refractivity contribution >= 4 is 15.8 Å². The lowest BCUT2D eigenvalue weighted by Gasteiger charge is -2.26. The van der Waals surface area contributed by atoms with E-state index in [1.54, 1.807) is 0 Å². The first-order valence-corrected chi connectivity index (χ1v) is 6.48. The van der Waals surface area contributed by atoms with E-state index in [0.717, 1.165) is 0 Å². The molecule has 1 aliphatic rings. The van der Waals surface area contributed by atoms with E-state index in [9.17, 15) is 17.6 Å². The summed E-state index contributed by atoms with van der Waals surface area (Å²) < 4.78 is 35.6. The molecule has 1 rings (SSSR count). The van der Waals surface area contributed by atoms with Crippen molar-refractivity contribution in [2.45, 2.75) is 25.1 Å². The van der Waals surface area contributed by atoms with E-state index >= 15 is 0 Å². The largest absolute Gasteiger partial charge is 0.480 e. The van der Waals surface area contributed by atoms with Gasteiger partial charge in [0.2, 0.25) is 0 Å². The first-order chi connectivity index (χ1) is 6.83. The van der Waals surface area contributed by atoms with Crippen LogP contribution in [0.4, 0.5) is 4.39 Å². The second kappa shape index (κ2) is 4.44. The fourth-order valence-electron chi connectivity index (χ4n) is 1.66. The summed E-state index contributed by atoms with van der Waals surface area (Å²) in [7, 11) is -3.05. The SMILES string of the molecule is NC(C(=O)O)C(F)C1CCS(=O)(=O)CC1. The molecule has 3 N–H and O–H groups in total. The second-order valence-electron chi connectivity index (χ2n) is 3.80. The Bertz CT molecular complexity index is 329. The molecule has 1 aliphatic heterocycles. The van der Waals surface area contributed by atoms with Crippen molar-refractivity contribution in [1.29, 1.82) is 0 Å². The zero-order chi connectivity index (χ0) is 11.6. The van der Waals surface area contributed by atoms with E-state index in [2.05, 4.69) is 0 Å². The van der Waals surface area contributed by atoms with Gasteiger partial charge in [0.25, 0.3) is 0 Å². The fourth-order valence-corrected chi connectivity index (χ4v) is 3.18. The summed E-state index contributed by atoms with van der Waals surface area (Å²) in [4.78, 5) is 10.4. The van der Waals surface area contributed by atoms with E-state index < -0.39 is 33.9 Å². The lowest BCUT2D eigenvalue weighted by atomic mass is 9.92. The summed E-state index contributed by atoms with van der Waals surface area (Å²) in [6.07, 6.45) is -1.35. The molecule has 2 atom stereocenters. The summed E-state index contributed by atoms with van der Waals surface area (Å²) in [6.45, 7) is 0. The molecule has 1 fully saturated rings. The minimum atomic E-state index is -3.05. The molecule has 1 saturated heterocycles. The summed E-state index contributed by atoms with van der Waals surface area (Å²) in [5.41, 5.74) is 5.13. The molecule has 0 saturated carbocycles. The monoisotopic (exact) mass is 239 g/mol. The maximum absolute atomic E-state index is 13.5. The van der Waals surface area contributed by atoms with Crippen LogP contribution in [0.15, 0.2) is 0 Å². The Morgan fingerprint density at radius 1 is 1.40 bits per heavy atom. The van der Waals surface area contributed by atoms with Gasteiger partial charge in [-0.1, -0.05) is 0 Å². The maximum Gasteiger partial charge on any atom is 0.323 e. The van der Waals surface area contributed by atoms with Crippen LogP contribution < -0.4 is 5.73 Å². The number of carbonyl (C=O) groups is 1. The number of hydrogen-bond donors (Lipinski definition) is 2. The van der Waals surface area contributed by atoms with Gasteiger partial charge in [-0.2, -0.15) is 0 Å². The molecule has 5 nitrogen and oxygen atoms in total. The zero-order valence-corrected chi connectivity index (χ0v) is 8.91. The number of alkyl halides is 1. The smallest absolute Gasteiger partial charge is 0.323 e. The van der Waals surface area contributed by atoms with Gasteiger partial charge < -0.3 is 10.8 Å². The third kappa shape index (κ3) is 3.13. The van der Waals surface area contributed by atoms with Crippen LogP contribution in [0.25, 0.3) is 0 Å². The first kappa shape index (κ1) is 12.4. The number of carboxylic acid groups (broad SMARTS) is 1. The van der Waals surface area contributed by atoms with Gasteiger partial charge >= 0.3 is 5.97 Å². The van der Waals surface area contributed by atoms with Gasteiger partial charge in [-0.05, 0) is 18.8 Å². The van der Waals surface area contributed by atoms with Crippen LogP contribution in [0, 0.1) is 5.92 Å². The summed E-state index contributed by atoms with van der Waals surface area (Å²) in [6, 6.07) is -1.56. The normalized spacial score (nSPS) is 25.7. The highest BCUT2D eigenvalue weighted by molar-refractivity contribution is 7.91. The van der Waals surface area contributed by atoms with Crippen molar-refractivity contribution in [3.63, 3.8) is 0 Å². The minimum Gasteiger partial charge on any atom is -0.480 e. The van der Waals surface area contributed by atoms with Gasteiger partial charge in [0, 0.05) is 0 Å². The number of sulfone groups is 1. The molecule has 88 valence electrons. The van der Waals surface area contributed by atoms with Crippen molar-refractivity contribution in [2.75, 3.05) is 11.5 Å². The van der Waals surface area contributed by atoms with E-state index in [0.29, 0.717) is 0 Å². The van der Waals surface area contributed by atoms with E-state index in [1.165, 1.54) is 0 Å². The Balaban J connectivity index is 2.57. The van der Waals surface area contributed by atoms with Crippen LogP contribution in [0.2, 0.25) is 0 Å². The van der Waals surface area contributed by atoms with Gasteiger partial charge in [0.05, 0.1) is 11.5 Å². The van der Waals surface area contributed by atoms with Crippen molar-refractivity contribution in [1.82, 2.24) is 0 Å². The summed E-state index contributed by atoms with van der Waals surface area (Å²) in [5, 5.41) is 8.50. The van der Waals surface area contributed by atoms with Gasteiger partial charge in [0.1, 0.15) is 22.1 Å². The fraction of sp³-hybridized carbons (Fsp3) is 0.875. The molecule has 0 spiro atoms. The predicted molar refractivity (Wildman–Crippen MR) is 51.9 cm³/mol. The van der Waals surface area contributed by atoms with Crippen molar-refractivity contribution < 1.29 is 22.7 Å². The topological polar surface area (TPSA) is 97.5 Å². The number of halogens is 1. The van der Waals surface area contributed by atoms with Crippen LogP contribution in [0.5, 0.6) is 0 Å². The van der Waals surface area contributed by atoms with Gasteiger partial charge in [-0.15, -0.1) is 0 Å². The van der Waals surface area contributed by atoms with Gasteiger partial charge in [0.15, 0.2) is 0 Å². The van der Waals surface area contributed by atoms with Crippen molar-refractivity contribution in [2.24, 2.45) is 11.7 Å². The van der Waals surface area contributed by atoms with Crippen LogP contribution in [0.1, 0.15) is 12.8 Å². The Hall–Kier alpha value is -0.690. The Morgan fingerprint density at radius 3 is 2.27 bits per heavy atom. The average molecular weight is 239 g/mol. The Labute approximate surface area is 87.4 Å². The van der Waals surface area contributed by atoms with E-state index in [4.69, 9.17) is 10.8 Å². The number of aliphatic carboxylic acids is 1. The molecule has 0 aliphatic carbocycles. The maximum atomic E-state index is 13.5. The highest BCUT2D eigenvalue weighted by Crippen LogP contribution is 2.25. The van der Waals surface area contributed by atoms with Crippen LogP contribution in [0.3, 0.4) is 0 Å². The molecule has 0 amide bonds. The van der Waals surface area contributed by atoms with Gasteiger partial charge in [-0.3, -0.25) is 4.79 Å². The molecule has 0 aromatic carbocycles. The van der Waals surface area contributed by atoms with Crippen LogP contribution in [-0.2, 0) is 14.6 Å². The summed E-state index contributed by atoms with van der Waals surface area (Å²) in [5.74, 6) is -2.11. The third-order valence-electron chi connectivity index (χ3n) is 2.68. The molecule has 15 heavy (non-hydrogen) atoms. The lowest BCUT2D eigenvalue weighted by Crippen LogP contribution is -2.45. The van der Waals surface area contributed by atoms with Crippen molar-refractivity contribution in [3.05, 3.63) is 0 Å². The Morgan fingerprint density at radius 2 is 1.87 bits per heavy atom. The summed E-state index contributed by atoms with van der Waals surface area (Å²) >= 11 is 0. The number of carboxylic acids is 1. The molecule has 2 unspecified atom stereocenters. The molecule has 7 heteroatoms. The van der Waals surface area contributed by atoms with Gasteiger partial charge in [-0.25, -0.2) is 12.8 Å². The quantitative estimate of drug-likeness (QED) is 0.696. The average Bonchev–Trinajstić information content (AvgIpc) is 2.15. The van der Waals surface area contributed by atoms with E-state index in [-0.39, 0.29) is 24.3 Å². The first-order valence-electron chi connectivity index (χ1n) is 4.66. The predicted octanol–water partition coefficient (Wildman–Crippen LogP) is -0.439. The molecular weight excluding hydrogens is 225 g/mol. The molecule has 0 aromatic heterocycles. The zero-order valence-electron chi connectivity index (χ0n) is 8.10. The molecule has 0 radical (unpaired) electrons. The number of rotatable bonds is 3. The van der Waals surface area contributed by atoms with Crippen LogP contribution >= 0.6 is 0 Å². The molecular formula is C8H14FNO4S. The number of hydrogen-bond acceptors (Lipinski definition) is 4. The minimum absolute atomic E-state index is 0.0789. The lowest BCUT2D eigenvalue weighted by molar-refractivity contribution is -0.140. The number of nitrogens with two attached hydrogens (primary N) is 1. The third-order valence-corrected chi connectivity index (χ3v) is 4.39. The van der Waals surface area contributed by atoms with Crippen molar-refractivity contribution in [3.8, 4) is 0 Å². The Kier molecular flexibility index (Phi) is 3.67. The molecule has 0 aromatic rings. The van der Waals surface area contributed by atoms with E-state index in [1.807, 2.05) is 0 Å². The molecule has 1 heterocycles. The van der Waals surface area contributed by atoms with Crippen LogP contribution in [-0.4, -0.2) is 43.2 Å². The highest BCUT2D eigenvalue weighted by Gasteiger charge is 2.35. The standard InChI is InChI=1S/C8H14FNO4S/c9-6(7(10)8(11)12)5-1-3-15(13,14)4-2-5/h5-7H,1-4,10H2,(H,11,12). The highest BCUT2D eigenvalue weighted by atomic mass is 32.2. The second-order valence-corrected chi connectivity index (χ2v) is 6.10. The molecule has 0 bridgehead atoms.